The van der Waals surface area contributed by atoms with Crippen molar-refractivity contribution in [3.05, 3.63) is 20.8 Å². The maximum atomic E-state index is 12.3. The van der Waals surface area contributed by atoms with Gasteiger partial charge in [0.05, 0.1) is 18.2 Å². The highest BCUT2D eigenvalue weighted by Crippen LogP contribution is 2.28. The minimum absolute atomic E-state index is 0.0373. The number of rotatable bonds is 7. The van der Waals surface area contributed by atoms with Gasteiger partial charge in [0.1, 0.15) is 5.69 Å². The van der Waals surface area contributed by atoms with E-state index in [1.54, 1.807) is 11.8 Å². The Balaban J connectivity index is 2.03. The second kappa shape index (κ2) is 10.8. The average Bonchev–Trinajstić information content (AvgIpc) is 2.88. The standard InChI is InChI=1S/C19H32N4O4S/c1-13-6-10-27-11-7-15(13)5-4-12-28-14(2)21-17-16(20)18(25)22(3)19(26)23(17)8-9-24/h13,15,24H,4-12,20H2,1-3H3. The number of aliphatic hydroxyl groups is 1. The minimum atomic E-state index is -0.569. The Bertz CT molecular complexity index is 802. The van der Waals surface area contributed by atoms with Gasteiger partial charge in [0.2, 0.25) is 0 Å². The van der Waals surface area contributed by atoms with Crippen LogP contribution in [0.25, 0.3) is 0 Å². The van der Waals surface area contributed by atoms with Gasteiger partial charge in [0.15, 0.2) is 5.82 Å². The number of nitrogens with zero attached hydrogens (tertiary/aromatic N) is 3. The summed E-state index contributed by atoms with van der Waals surface area (Å²) in [5, 5.41) is 9.98. The molecule has 1 fully saturated rings. The van der Waals surface area contributed by atoms with Gasteiger partial charge in [0.25, 0.3) is 5.56 Å². The SMILES string of the molecule is CC(=Nc1c(N)c(=O)n(C)c(=O)n1CCO)SCCCC1CCOCCC1C. The van der Waals surface area contributed by atoms with E-state index in [-0.39, 0.29) is 24.7 Å². The number of hydrogen-bond donors (Lipinski definition) is 2. The monoisotopic (exact) mass is 412 g/mol. The summed E-state index contributed by atoms with van der Waals surface area (Å²) in [7, 11) is 1.36. The summed E-state index contributed by atoms with van der Waals surface area (Å²) < 4.78 is 7.75. The van der Waals surface area contributed by atoms with Gasteiger partial charge in [-0.2, -0.15) is 0 Å². The maximum absolute atomic E-state index is 12.3. The molecule has 2 unspecified atom stereocenters. The molecule has 2 rings (SSSR count). The first-order valence-corrected chi connectivity index (χ1v) is 10.8. The van der Waals surface area contributed by atoms with Crippen LogP contribution in [0.2, 0.25) is 0 Å². The summed E-state index contributed by atoms with van der Waals surface area (Å²) in [6.07, 6.45) is 4.48. The number of anilines is 1. The van der Waals surface area contributed by atoms with E-state index < -0.39 is 11.2 Å². The largest absolute Gasteiger partial charge is 0.395 e. The molecule has 1 aliphatic heterocycles. The summed E-state index contributed by atoms with van der Waals surface area (Å²) in [6, 6.07) is 0. The van der Waals surface area contributed by atoms with Gasteiger partial charge in [-0.1, -0.05) is 6.92 Å². The van der Waals surface area contributed by atoms with E-state index in [2.05, 4.69) is 11.9 Å². The Morgan fingerprint density at radius 1 is 1.36 bits per heavy atom. The summed E-state index contributed by atoms with van der Waals surface area (Å²) in [6.45, 7) is 5.67. The fourth-order valence-electron chi connectivity index (χ4n) is 3.50. The number of aliphatic imine (C=N–C) groups is 1. The molecule has 9 heteroatoms. The number of aliphatic hydroxyl groups excluding tert-OH is 1. The molecule has 1 aromatic heterocycles. The Hall–Kier alpha value is -1.58. The van der Waals surface area contributed by atoms with Crippen molar-refractivity contribution in [2.75, 3.05) is 31.3 Å². The van der Waals surface area contributed by atoms with Crippen LogP contribution in [0, 0.1) is 11.8 Å². The van der Waals surface area contributed by atoms with Crippen molar-refractivity contribution in [3.63, 3.8) is 0 Å². The lowest BCUT2D eigenvalue weighted by Gasteiger charge is -2.20. The second-order valence-corrected chi connectivity index (χ2v) is 8.60. The molecule has 2 atom stereocenters. The number of ether oxygens (including phenoxy) is 1. The van der Waals surface area contributed by atoms with Crippen LogP contribution in [0.3, 0.4) is 0 Å². The molecule has 8 nitrogen and oxygen atoms in total. The van der Waals surface area contributed by atoms with Crippen LogP contribution in [0.4, 0.5) is 11.5 Å². The fraction of sp³-hybridized carbons (Fsp3) is 0.737. The minimum Gasteiger partial charge on any atom is -0.395 e. The lowest BCUT2D eigenvalue weighted by atomic mass is 9.86. The van der Waals surface area contributed by atoms with Crippen LogP contribution in [0.15, 0.2) is 14.6 Å². The van der Waals surface area contributed by atoms with Crippen molar-refractivity contribution in [1.82, 2.24) is 9.13 Å². The Morgan fingerprint density at radius 3 is 2.79 bits per heavy atom. The quantitative estimate of drug-likeness (QED) is 0.401. The summed E-state index contributed by atoms with van der Waals surface area (Å²) in [5.41, 5.74) is 4.73. The Morgan fingerprint density at radius 2 is 2.07 bits per heavy atom. The second-order valence-electron chi connectivity index (χ2n) is 7.31. The fourth-order valence-corrected chi connectivity index (χ4v) is 4.26. The average molecular weight is 413 g/mol. The van der Waals surface area contributed by atoms with Crippen molar-refractivity contribution in [2.24, 2.45) is 23.9 Å². The predicted molar refractivity (Wildman–Crippen MR) is 115 cm³/mol. The number of nitrogen functional groups attached to an aromatic ring is 1. The topological polar surface area (TPSA) is 112 Å². The highest BCUT2D eigenvalue weighted by Gasteiger charge is 2.20. The first kappa shape index (κ1) is 22.7. The highest BCUT2D eigenvalue weighted by atomic mass is 32.2. The van der Waals surface area contributed by atoms with Gasteiger partial charge < -0.3 is 15.6 Å². The van der Waals surface area contributed by atoms with E-state index in [0.717, 1.165) is 54.3 Å². The molecule has 0 bridgehead atoms. The van der Waals surface area contributed by atoms with Crippen molar-refractivity contribution >= 4 is 28.3 Å². The zero-order valence-electron chi connectivity index (χ0n) is 17.0. The van der Waals surface area contributed by atoms with Crippen molar-refractivity contribution in [2.45, 2.75) is 46.1 Å². The van der Waals surface area contributed by atoms with Crippen LogP contribution in [0.1, 0.15) is 39.5 Å². The van der Waals surface area contributed by atoms with E-state index in [1.807, 2.05) is 6.92 Å². The van der Waals surface area contributed by atoms with Gasteiger partial charge in [-0.15, -0.1) is 11.8 Å². The van der Waals surface area contributed by atoms with E-state index in [0.29, 0.717) is 11.8 Å². The molecule has 0 spiro atoms. The first-order valence-electron chi connectivity index (χ1n) is 9.82. The normalized spacial score (nSPS) is 20.9. The number of nitrogens with two attached hydrogens (primary N) is 1. The lowest BCUT2D eigenvalue weighted by molar-refractivity contribution is 0.140. The zero-order valence-corrected chi connectivity index (χ0v) is 17.8. The molecule has 158 valence electrons. The van der Waals surface area contributed by atoms with Gasteiger partial charge in [-0.05, 0) is 50.2 Å². The number of thioether (sulfide) groups is 1. The van der Waals surface area contributed by atoms with E-state index in [1.165, 1.54) is 11.6 Å². The lowest BCUT2D eigenvalue weighted by Crippen LogP contribution is -2.39. The first-order chi connectivity index (χ1) is 13.4. The molecule has 1 aliphatic rings. The molecule has 28 heavy (non-hydrogen) atoms. The summed E-state index contributed by atoms with van der Waals surface area (Å²) in [5.74, 6) is 2.43. The van der Waals surface area contributed by atoms with Gasteiger partial charge in [-0.3, -0.25) is 13.9 Å². The molecule has 0 saturated carbocycles. The smallest absolute Gasteiger partial charge is 0.332 e. The molecular weight excluding hydrogens is 380 g/mol. The third-order valence-corrected chi connectivity index (χ3v) is 6.32. The van der Waals surface area contributed by atoms with E-state index in [4.69, 9.17) is 10.5 Å². The Kier molecular flexibility index (Phi) is 8.78. The molecule has 0 amide bonds. The molecule has 0 radical (unpaired) electrons. The van der Waals surface area contributed by atoms with Crippen molar-refractivity contribution in [1.29, 1.82) is 0 Å². The van der Waals surface area contributed by atoms with Crippen LogP contribution < -0.4 is 17.0 Å². The van der Waals surface area contributed by atoms with E-state index >= 15 is 0 Å². The third kappa shape index (κ3) is 5.71. The summed E-state index contributed by atoms with van der Waals surface area (Å²) in [4.78, 5) is 28.8. The number of hydrogen-bond acceptors (Lipinski definition) is 7. The van der Waals surface area contributed by atoms with Crippen LogP contribution in [-0.4, -0.2) is 44.9 Å². The van der Waals surface area contributed by atoms with Gasteiger partial charge >= 0.3 is 5.69 Å². The Labute approximate surface area is 169 Å². The van der Waals surface area contributed by atoms with Crippen LogP contribution >= 0.6 is 11.8 Å². The number of aromatic nitrogens is 2. The third-order valence-electron chi connectivity index (χ3n) is 5.32. The molecular formula is C19H32N4O4S. The van der Waals surface area contributed by atoms with Crippen LogP contribution in [-0.2, 0) is 18.3 Å². The molecule has 0 aliphatic carbocycles. The highest BCUT2D eigenvalue weighted by molar-refractivity contribution is 8.13. The molecule has 3 N–H and O–H groups in total. The maximum Gasteiger partial charge on any atom is 0.332 e. The van der Waals surface area contributed by atoms with Crippen molar-refractivity contribution in [3.8, 4) is 0 Å². The van der Waals surface area contributed by atoms with Crippen LogP contribution in [0.5, 0.6) is 0 Å². The van der Waals surface area contributed by atoms with Gasteiger partial charge in [-0.25, -0.2) is 9.79 Å². The zero-order chi connectivity index (χ0) is 20.7. The predicted octanol–water partition coefficient (Wildman–Crippen LogP) is 1.75. The van der Waals surface area contributed by atoms with E-state index in [9.17, 15) is 14.7 Å². The molecule has 2 heterocycles. The molecule has 1 saturated heterocycles. The molecule has 0 aromatic carbocycles. The van der Waals surface area contributed by atoms with Gasteiger partial charge in [0, 0.05) is 20.3 Å². The van der Waals surface area contributed by atoms with Crippen molar-refractivity contribution < 1.29 is 9.84 Å². The molecule has 1 aromatic rings. The summed E-state index contributed by atoms with van der Waals surface area (Å²) >= 11 is 1.59.